The number of amides is 2. The molecule has 1 fully saturated rings. The summed E-state index contributed by atoms with van der Waals surface area (Å²) >= 11 is 0. The number of urea groups is 1. The summed E-state index contributed by atoms with van der Waals surface area (Å²) in [7, 11) is 1.52. The Morgan fingerprint density at radius 1 is 1.24 bits per heavy atom. The lowest BCUT2D eigenvalue weighted by atomic mass is 10.2. The minimum atomic E-state index is -4.79. The van der Waals surface area contributed by atoms with E-state index in [-0.39, 0.29) is 17.9 Å². The summed E-state index contributed by atoms with van der Waals surface area (Å²) in [6, 6.07) is 9.14. The highest BCUT2D eigenvalue weighted by Crippen LogP contribution is 2.27. The predicted octanol–water partition coefficient (Wildman–Crippen LogP) is 3.92. The number of para-hydroxylation sites is 1. The normalized spacial score (nSPS) is 14.0. The van der Waals surface area contributed by atoms with Gasteiger partial charge in [0.05, 0.1) is 6.54 Å². The van der Waals surface area contributed by atoms with Gasteiger partial charge in [-0.2, -0.15) is 0 Å². The molecule has 6 nitrogen and oxygen atoms in total. The summed E-state index contributed by atoms with van der Waals surface area (Å²) in [6.07, 6.45) is -0.783. The summed E-state index contributed by atoms with van der Waals surface area (Å²) in [4.78, 5) is 20.3. The van der Waals surface area contributed by atoms with Gasteiger partial charge in [-0.3, -0.25) is 0 Å². The van der Waals surface area contributed by atoms with Crippen LogP contribution in [0.15, 0.2) is 42.6 Å². The Hall–Kier alpha value is -2.97. The fraction of sp³-hybridized carbons (Fsp3) is 0.400. The van der Waals surface area contributed by atoms with E-state index >= 15 is 0 Å². The number of anilines is 1. The minimum Gasteiger partial charge on any atom is -0.405 e. The van der Waals surface area contributed by atoms with Crippen LogP contribution in [0.1, 0.15) is 24.0 Å². The number of nitrogens with zero attached hydrogens (tertiary/aromatic N) is 3. The van der Waals surface area contributed by atoms with Crippen molar-refractivity contribution in [3.63, 3.8) is 0 Å². The van der Waals surface area contributed by atoms with Crippen LogP contribution in [-0.4, -0.2) is 42.4 Å². The summed E-state index contributed by atoms with van der Waals surface area (Å²) in [5.41, 5.74) is 1.17. The van der Waals surface area contributed by atoms with Crippen LogP contribution in [0.5, 0.6) is 5.75 Å². The van der Waals surface area contributed by atoms with Gasteiger partial charge >= 0.3 is 12.4 Å². The van der Waals surface area contributed by atoms with Gasteiger partial charge in [-0.15, -0.1) is 13.2 Å². The van der Waals surface area contributed by atoms with Crippen molar-refractivity contribution >= 4 is 11.8 Å². The molecule has 1 aromatic heterocycles. The average molecular weight is 408 g/mol. The molecule has 0 aliphatic carbocycles. The number of halogens is 3. The molecule has 1 N–H and O–H groups in total. The Balaban J connectivity index is 1.57. The highest BCUT2D eigenvalue weighted by atomic mass is 19.4. The Kier molecular flexibility index (Phi) is 6.46. The van der Waals surface area contributed by atoms with Gasteiger partial charge in [0.2, 0.25) is 0 Å². The molecule has 29 heavy (non-hydrogen) atoms. The Labute approximate surface area is 167 Å². The molecule has 1 saturated heterocycles. The maximum Gasteiger partial charge on any atom is 0.573 e. The third kappa shape index (κ3) is 6.00. The zero-order chi connectivity index (χ0) is 20.9. The van der Waals surface area contributed by atoms with E-state index in [0.717, 1.165) is 37.3 Å². The van der Waals surface area contributed by atoms with Crippen molar-refractivity contribution in [2.45, 2.75) is 32.3 Å². The van der Waals surface area contributed by atoms with E-state index in [2.05, 4.69) is 19.9 Å². The number of carbonyl (C=O) groups is 1. The van der Waals surface area contributed by atoms with E-state index in [0.29, 0.717) is 6.54 Å². The molecule has 9 heteroatoms. The van der Waals surface area contributed by atoms with E-state index < -0.39 is 12.4 Å². The van der Waals surface area contributed by atoms with Crippen molar-refractivity contribution in [2.24, 2.45) is 0 Å². The molecule has 0 bridgehead atoms. The van der Waals surface area contributed by atoms with Crippen LogP contribution in [0.25, 0.3) is 0 Å². The standard InChI is InChI=1S/C20H23F3N4O2/c1-26(14-16-6-2-3-7-17(16)29-20(21,22)23)19(28)25-13-15-8-9-24-18(12-15)27-10-4-5-11-27/h2-3,6-9,12H,4-5,10-11,13-14H2,1H3,(H,25,28). The van der Waals surface area contributed by atoms with Gasteiger partial charge in [-0.05, 0) is 36.6 Å². The molecule has 0 spiro atoms. The number of hydrogen-bond donors (Lipinski definition) is 1. The second-order valence-corrected chi connectivity index (χ2v) is 6.89. The lowest BCUT2D eigenvalue weighted by Crippen LogP contribution is -2.36. The van der Waals surface area contributed by atoms with E-state index in [1.54, 1.807) is 12.3 Å². The zero-order valence-corrected chi connectivity index (χ0v) is 16.1. The molecule has 1 aliphatic heterocycles. The number of rotatable bonds is 6. The van der Waals surface area contributed by atoms with Crippen molar-refractivity contribution < 1.29 is 22.7 Å². The molecule has 0 atom stereocenters. The number of alkyl halides is 3. The molecule has 1 aliphatic rings. The van der Waals surface area contributed by atoms with Gasteiger partial charge < -0.3 is 19.9 Å². The fourth-order valence-corrected chi connectivity index (χ4v) is 3.19. The van der Waals surface area contributed by atoms with Crippen molar-refractivity contribution in [1.82, 2.24) is 15.2 Å². The Morgan fingerprint density at radius 3 is 2.69 bits per heavy atom. The number of carbonyl (C=O) groups excluding carboxylic acids is 1. The largest absolute Gasteiger partial charge is 0.573 e. The van der Waals surface area contributed by atoms with Crippen LogP contribution in [-0.2, 0) is 13.1 Å². The molecule has 3 rings (SSSR count). The number of benzene rings is 1. The van der Waals surface area contributed by atoms with Gasteiger partial charge in [0, 0.05) is 38.4 Å². The van der Waals surface area contributed by atoms with Crippen LogP contribution in [0.3, 0.4) is 0 Å². The van der Waals surface area contributed by atoms with Crippen molar-refractivity contribution in [3.8, 4) is 5.75 Å². The third-order valence-electron chi connectivity index (χ3n) is 4.64. The summed E-state index contributed by atoms with van der Waals surface area (Å²) in [5, 5.41) is 2.78. The van der Waals surface area contributed by atoms with Crippen molar-refractivity contribution in [1.29, 1.82) is 0 Å². The Bertz CT molecular complexity index is 838. The number of ether oxygens (including phenoxy) is 1. The monoisotopic (exact) mass is 408 g/mol. The summed E-state index contributed by atoms with van der Waals surface area (Å²) in [5.74, 6) is 0.574. The summed E-state index contributed by atoms with van der Waals surface area (Å²) in [6.45, 7) is 2.23. The molecule has 0 unspecified atom stereocenters. The third-order valence-corrected chi connectivity index (χ3v) is 4.64. The van der Waals surface area contributed by atoms with Gasteiger partial charge in [0.1, 0.15) is 11.6 Å². The second-order valence-electron chi connectivity index (χ2n) is 6.89. The Morgan fingerprint density at radius 2 is 1.97 bits per heavy atom. The SMILES string of the molecule is CN(Cc1ccccc1OC(F)(F)F)C(=O)NCc1ccnc(N2CCCC2)c1. The fourth-order valence-electron chi connectivity index (χ4n) is 3.19. The molecular formula is C20H23F3N4O2. The maximum absolute atomic E-state index is 12.5. The number of aromatic nitrogens is 1. The second kappa shape index (κ2) is 9.02. The molecule has 0 radical (unpaired) electrons. The molecule has 2 amide bonds. The van der Waals surface area contributed by atoms with Crippen LogP contribution >= 0.6 is 0 Å². The number of nitrogens with one attached hydrogen (secondary N) is 1. The summed E-state index contributed by atoms with van der Waals surface area (Å²) < 4.78 is 41.7. The lowest BCUT2D eigenvalue weighted by Gasteiger charge is -2.21. The highest BCUT2D eigenvalue weighted by Gasteiger charge is 2.32. The molecule has 1 aromatic carbocycles. The van der Waals surface area contributed by atoms with Gasteiger partial charge in [0.25, 0.3) is 0 Å². The number of pyridine rings is 1. The van der Waals surface area contributed by atoms with E-state index in [4.69, 9.17) is 0 Å². The first-order valence-electron chi connectivity index (χ1n) is 9.34. The van der Waals surface area contributed by atoms with E-state index in [1.807, 2.05) is 12.1 Å². The van der Waals surface area contributed by atoms with Crippen LogP contribution in [0.4, 0.5) is 23.8 Å². The molecule has 156 valence electrons. The van der Waals surface area contributed by atoms with Gasteiger partial charge in [0.15, 0.2) is 0 Å². The maximum atomic E-state index is 12.5. The molecule has 0 saturated carbocycles. The molecule has 2 heterocycles. The van der Waals surface area contributed by atoms with Crippen LogP contribution in [0, 0.1) is 0 Å². The van der Waals surface area contributed by atoms with Crippen LogP contribution < -0.4 is 15.0 Å². The predicted molar refractivity (Wildman–Crippen MR) is 103 cm³/mol. The smallest absolute Gasteiger partial charge is 0.405 e. The first-order chi connectivity index (χ1) is 13.8. The number of hydrogen-bond acceptors (Lipinski definition) is 4. The average Bonchev–Trinajstić information content (AvgIpc) is 3.21. The van der Waals surface area contributed by atoms with Crippen molar-refractivity contribution in [3.05, 3.63) is 53.7 Å². The van der Waals surface area contributed by atoms with Crippen LogP contribution in [0.2, 0.25) is 0 Å². The topological polar surface area (TPSA) is 57.7 Å². The highest BCUT2D eigenvalue weighted by molar-refractivity contribution is 5.74. The molecule has 2 aromatic rings. The van der Waals surface area contributed by atoms with E-state index in [9.17, 15) is 18.0 Å². The first kappa shape index (κ1) is 20.8. The van der Waals surface area contributed by atoms with Gasteiger partial charge in [-0.1, -0.05) is 18.2 Å². The van der Waals surface area contributed by atoms with E-state index in [1.165, 1.54) is 30.1 Å². The zero-order valence-electron chi connectivity index (χ0n) is 16.1. The minimum absolute atomic E-state index is 0.0204. The van der Waals surface area contributed by atoms with Gasteiger partial charge in [-0.25, -0.2) is 9.78 Å². The van der Waals surface area contributed by atoms with Crippen molar-refractivity contribution in [2.75, 3.05) is 25.0 Å². The quantitative estimate of drug-likeness (QED) is 0.787. The first-order valence-corrected chi connectivity index (χ1v) is 9.34. The molecular weight excluding hydrogens is 385 g/mol. The lowest BCUT2D eigenvalue weighted by molar-refractivity contribution is -0.275.